The van der Waals surface area contributed by atoms with Crippen molar-refractivity contribution in [2.24, 2.45) is 5.92 Å². The molecule has 112 valence electrons. The SMILES string of the molecule is CCSCCC(CNC1CC1)Cc1cccc(OC)c1. The van der Waals surface area contributed by atoms with E-state index >= 15 is 0 Å². The van der Waals surface area contributed by atoms with Crippen LogP contribution in [0.2, 0.25) is 0 Å². The van der Waals surface area contributed by atoms with Crippen LogP contribution in [0.15, 0.2) is 24.3 Å². The summed E-state index contributed by atoms with van der Waals surface area (Å²) in [5.41, 5.74) is 1.40. The van der Waals surface area contributed by atoms with E-state index in [1.165, 1.54) is 36.3 Å². The van der Waals surface area contributed by atoms with Crippen molar-refractivity contribution in [2.75, 3.05) is 25.2 Å². The summed E-state index contributed by atoms with van der Waals surface area (Å²) in [7, 11) is 1.74. The van der Waals surface area contributed by atoms with E-state index in [2.05, 4.69) is 42.2 Å². The third-order valence-corrected chi connectivity index (χ3v) is 4.74. The lowest BCUT2D eigenvalue weighted by atomic mass is 9.96. The molecule has 2 rings (SSSR count). The number of hydrogen-bond acceptors (Lipinski definition) is 3. The first kappa shape index (κ1) is 15.7. The summed E-state index contributed by atoms with van der Waals surface area (Å²) in [6.07, 6.45) is 5.20. The number of hydrogen-bond donors (Lipinski definition) is 1. The molecule has 3 heteroatoms. The normalized spacial score (nSPS) is 16.1. The van der Waals surface area contributed by atoms with E-state index in [9.17, 15) is 0 Å². The molecule has 1 fully saturated rings. The quantitative estimate of drug-likeness (QED) is 0.664. The summed E-state index contributed by atoms with van der Waals surface area (Å²) in [6, 6.07) is 9.33. The van der Waals surface area contributed by atoms with E-state index in [1.807, 2.05) is 6.07 Å². The maximum atomic E-state index is 5.32. The van der Waals surface area contributed by atoms with Crippen LogP contribution in [0.1, 0.15) is 31.7 Å². The van der Waals surface area contributed by atoms with Crippen molar-refractivity contribution >= 4 is 11.8 Å². The monoisotopic (exact) mass is 293 g/mol. The Bertz CT molecular complexity index is 392. The standard InChI is InChI=1S/C17H27NOS/c1-3-20-10-9-15(13-18-16-7-8-16)11-14-5-4-6-17(12-14)19-2/h4-6,12,15-16,18H,3,7-11,13H2,1-2H3. The highest BCUT2D eigenvalue weighted by Crippen LogP contribution is 2.22. The van der Waals surface area contributed by atoms with Crippen LogP contribution in [0.4, 0.5) is 0 Å². The van der Waals surface area contributed by atoms with Gasteiger partial charge in [-0.05, 0) is 67.3 Å². The van der Waals surface area contributed by atoms with Gasteiger partial charge in [0.1, 0.15) is 5.75 Å². The first-order chi connectivity index (χ1) is 9.81. The Morgan fingerprint density at radius 3 is 2.95 bits per heavy atom. The molecule has 1 aliphatic carbocycles. The van der Waals surface area contributed by atoms with Gasteiger partial charge < -0.3 is 10.1 Å². The van der Waals surface area contributed by atoms with Gasteiger partial charge in [0.15, 0.2) is 0 Å². The lowest BCUT2D eigenvalue weighted by Gasteiger charge is -2.18. The van der Waals surface area contributed by atoms with Gasteiger partial charge in [-0.2, -0.15) is 11.8 Å². The van der Waals surface area contributed by atoms with Crippen LogP contribution >= 0.6 is 11.8 Å². The van der Waals surface area contributed by atoms with E-state index in [1.54, 1.807) is 7.11 Å². The van der Waals surface area contributed by atoms with Crippen molar-refractivity contribution in [2.45, 2.75) is 38.6 Å². The predicted molar refractivity (Wildman–Crippen MR) is 88.8 cm³/mol. The topological polar surface area (TPSA) is 21.3 Å². The lowest BCUT2D eigenvalue weighted by molar-refractivity contribution is 0.412. The van der Waals surface area contributed by atoms with Gasteiger partial charge in [0.25, 0.3) is 0 Å². The summed E-state index contributed by atoms with van der Waals surface area (Å²) < 4.78 is 5.32. The molecule has 0 bridgehead atoms. The van der Waals surface area contributed by atoms with Gasteiger partial charge in [0, 0.05) is 6.04 Å². The van der Waals surface area contributed by atoms with E-state index in [-0.39, 0.29) is 0 Å². The van der Waals surface area contributed by atoms with Gasteiger partial charge in [0.2, 0.25) is 0 Å². The lowest BCUT2D eigenvalue weighted by Crippen LogP contribution is -2.26. The number of thioether (sulfide) groups is 1. The number of methoxy groups -OCH3 is 1. The first-order valence-corrected chi connectivity index (χ1v) is 8.91. The van der Waals surface area contributed by atoms with Crippen molar-refractivity contribution in [3.05, 3.63) is 29.8 Å². The number of nitrogens with one attached hydrogen (secondary N) is 1. The second kappa shape index (κ2) is 8.58. The minimum absolute atomic E-state index is 0.738. The Kier molecular flexibility index (Phi) is 6.74. The minimum atomic E-state index is 0.738. The minimum Gasteiger partial charge on any atom is -0.497 e. The average Bonchev–Trinajstić information content (AvgIpc) is 3.29. The van der Waals surface area contributed by atoms with E-state index in [4.69, 9.17) is 4.74 Å². The molecule has 1 aromatic rings. The smallest absolute Gasteiger partial charge is 0.119 e. The van der Waals surface area contributed by atoms with Gasteiger partial charge in [-0.3, -0.25) is 0 Å². The molecule has 0 aromatic heterocycles. The van der Waals surface area contributed by atoms with Crippen LogP contribution in [0.3, 0.4) is 0 Å². The summed E-state index contributed by atoms with van der Waals surface area (Å²) in [4.78, 5) is 0. The fraction of sp³-hybridized carbons (Fsp3) is 0.647. The zero-order valence-corrected chi connectivity index (χ0v) is 13.5. The van der Waals surface area contributed by atoms with Crippen molar-refractivity contribution in [3.8, 4) is 5.75 Å². The molecule has 1 saturated carbocycles. The zero-order valence-electron chi connectivity index (χ0n) is 12.7. The molecule has 0 amide bonds. The van der Waals surface area contributed by atoms with Crippen molar-refractivity contribution in [1.82, 2.24) is 5.32 Å². The van der Waals surface area contributed by atoms with Crippen molar-refractivity contribution in [1.29, 1.82) is 0 Å². The molecule has 20 heavy (non-hydrogen) atoms. The summed E-state index contributed by atoms with van der Waals surface area (Å²) in [5.74, 6) is 4.21. The van der Waals surface area contributed by atoms with Crippen molar-refractivity contribution < 1.29 is 4.74 Å². The molecule has 0 aliphatic heterocycles. The van der Waals surface area contributed by atoms with Crippen LogP contribution in [0.5, 0.6) is 5.75 Å². The molecule has 1 aromatic carbocycles. The molecule has 0 spiro atoms. The highest BCUT2D eigenvalue weighted by molar-refractivity contribution is 7.99. The molecule has 1 unspecified atom stereocenters. The van der Waals surface area contributed by atoms with E-state index < -0.39 is 0 Å². The number of rotatable bonds is 10. The van der Waals surface area contributed by atoms with E-state index in [0.29, 0.717) is 0 Å². The van der Waals surface area contributed by atoms with Gasteiger partial charge in [-0.25, -0.2) is 0 Å². The molecule has 0 radical (unpaired) electrons. The average molecular weight is 293 g/mol. The number of benzene rings is 1. The fourth-order valence-electron chi connectivity index (χ4n) is 2.42. The maximum Gasteiger partial charge on any atom is 0.119 e. The molecule has 2 nitrogen and oxygen atoms in total. The second-order valence-electron chi connectivity index (χ2n) is 5.59. The fourth-order valence-corrected chi connectivity index (χ4v) is 3.21. The maximum absolute atomic E-state index is 5.32. The third-order valence-electron chi connectivity index (χ3n) is 3.81. The zero-order chi connectivity index (χ0) is 14.2. The molecular formula is C17H27NOS. The Morgan fingerprint density at radius 2 is 2.25 bits per heavy atom. The molecular weight excluding hydrogens is 266 g/mol. The second-order valence-corrected chi connectivity index (χ2v) is 6.98. The van der Waals surface area contributed by atoms with Gasteiger partial charge >= 0.3 is 0 Å². The largest absolute Gasteiger partial charge is 0.497 e. The summed E-state index contributed by atoms with van der Waals surface area (Å²) in [5, 5.41) is 3.69. The van der Waals surface area contributed by atoms with Gasteiger partial charge in [0.05, 0.1) is 7.11 Å². The summed E-state index contributed by atoms with van der Waals surface area (Å²) >= 11 is 2.05. The van der Waals surface area contributed by atoms with Crippen LogP contribution < -0.4 is 10.1 Å². The molecule has 1 N–H and O–H groups in total. The Hall–Kier alpha value is -0.670. The van der Waals surface area contributed by atoms with Crippen LogP contribution in [0, 0.1) is 5.92 Å². The third kappa shape index (κ3) is 5.76. The molecule has 1 atom stereocenters. The van der Waals surface area contributed by atoms with E-state index in [0.717, 1.165) is 30.7 Å². The van der Waals surface area contributed by atoms with Crippen LogP contribution in [-0.2, 0) is 6.42 Å². The van der Waals surface area contributed by atoms with Crippen molar-refractivity contribution in [3.63, 3.8) is 0 Å². The van der Waals surface area contributed by atoms with Gasteiger partial charge in [-0.15, -0.1) is 0 Å². The highest BCUT2D eigenvalue weighted by Gasteiger charge is 2.22. The van der Waals surface area contributed by atoms with Crippen LogP contribution in [0.25, 0.3) is 0 Å². The predicted octanol–water partition coefficient (Wildman–Crippen LogP) is 3.75. The first-order valence-electron chi connectivity index (χ1n) is 7.76. The Labute approximate surface area is 127 Å². The Balaban J connectivity index is 1.85. The van der Waals surface area contributed by atoms with Crippen LogP contribution in [-0.4, -0.2) is 31.2 Å². The molecule has 0 heterocycles. The van der Waals surface area contributed by atoms with Gasteiger partial charge in [-0.1, -0.05) is 19.1 Å². The Morgan fingerprint density at radius 1 is 1.40 bits per heavy atom. The number of ether oxygens (including phenoxy) is 1. The highest BCUT2D eigenvalue weighted by atomic mass is 32.2. The molecule has 1 aliphatic rings. The summed E-state index contributed by atoms with van der Waals surface area (Å²) in [6.45, 7) is 3.40. The molecule has 0 saturated heterocycles.